The third kappa shape index (κ3) is 3.56. The Kier molecular flexibility index (Phi) is 5.42. The lowest BCUT2D eigenvalue weighted by Gasteiger charge is -2.27. The standard InChI is InChI=1S/C18H23NO5S/c1-24-18(23)14-12-8-4-5-9-13(12)25-16(14)19-15(20)10-6-2-3-7-11(10)17(21)22/h10-11H,2-9H2,1H3,(H,19,20)(H,21,22). The Morgan fingerprint density at radius 3 is 2.44 bits per heavy atom. The van der Waals surface area contributed by atoms with Crippen molar-refractivity contribution in [1.82, 2.24) is 0 Å². The smallest absolute Gasteiger partial charge is 0.341 e. The molecule has 1 amide bonds. The SMILES string of the molecule is COC(=O)c1c(NC(=O)C2CCCCC2C(=O)O)sc2c1CCCC2. The molecule has 2 aliphatic carbocycles. The van der Waals surface area contributed by atoms with Crippen LogP contribution in [-0.4, -0.2) is 30.1 Å². The number of carbonyl (C=O) groups excluding carboxylic acids is 2. The minimum atomic E-state index is -0.918. The van der Waals surface area contributed by atoms with Crippen molar-refractivity contribution in [3.05, 3.63) is 16.0 Å². The van der Waals surface area contributed by atoms with Crippen LogP contribution in [0.25, 0.3) is 0 Å². The van der Waals surface area contributed by atoms with Gasteiger partial charge in [-0.25, -0.2) is 4.79 Å². The lowest BCUT2D eigenvalue weighted by atomic mass is 9.78. The number of aliphatic carboxylic acids is 1. The van der Waals surface area contributed by atoms with Gasteiger partial charge in [-0.1, -0.05) is 12.8 Å². The first-order chi connectivity index (χ1) is 12.0. The number of carboxylic acids is 1. The van der Waals surface area contributed by atoms with Crippen molar-refractivity contribution < 1.29 is 24.2 Å². The topological polar surface area (TPSA) is 92.7 Å². The number of methoxy groups -OCH3 is 1. The number of thiophene rings is 1. The molecular formula is C18H23NO5S. The lowest BCUT2D eigenvalue weighted by molar-refractivity contribution is -0.147. The van der Waals surface area contributed by atoms with Crippen LogP contribution >= 0.6 is 11.3 Å². The molecule has 1 aromatic heterocycles. The van der Waals surface area contributed by atoms with E-state index < -0.39 is 23.8 Å². The maximum atomic E-state index is 12.7. The average Bonchev–Trinajstić information content (AvgIpc) is 2.98. The van der Waals surface area contributed by atoms with Crippen molar-refractivity contribution in [2.45, 2.75) is 51.4 Å². The summed E-state index contributed by atoms with van der Waals surface area (Å²) in [5.74, 6) is -2.84. The van der Waals surface area contributed by atoms with Crippen LogP contribution in [0.1, 0.15) is 59.3 Å². The quantitative estimate of drug-likeness (QED) is 0.799. The van der Waals surface area contributed by atoms with Gasteiger partial charge in [0.15, 0.2) is 0 Å². The van der Waals surface area contributed by atoms with Gasteiger partial charge in [0.05, 0.1) is 24.5 Å². The summed E-state index contributed by atoms with van der Waals surface area (Å²) >= 11 is 1.43. The van der Waals surface area contributed by atoms with Crippen molar-refractivity contribution in [3.63, 3.8) is 0 Å². The fourth-order valence-corrected chi connectivity index (χ4v) is 5.20. The van der Waals surface area contributed by atoms with Crippen LogP contribution in [0.15, 0.2) is 0 Å². The van der Waals surface area contributed by atoms with Gasteiger partial charge >= 0.3 is 11.9 Å². The van der Waals surface area contributed by atoms with Crippen LogP contribution < -0.4 is 5.32 Å². The molecule has 0 radical (unpaired) electrons. The Bertz CT molecular complexity index is 696. The highest BCUT2D eigenvalue weighted by Gasteiger charge is 2.37. The van der Waals surface area contributed by atoms with Crippen LogP contribution in [0.5, 0.6) is 0 Å². The van der Waals surface area contributed by atoms with Crippen LogP contribution in [0, 0.1) is 11.8 Å². The van der Waals surface area contributed by atoms with Crippen molar-refractivity contribution >= 4 is 34.2 Å². The molecule has 3 rings (SSSR count). The molecule has 1 aromatic rings. The van der Waals surface area contributed by atoms with E-state index in [1.165, 1.54) is 18.4 Å². The highest BCUT2D eigenvalue weighted by atomic mass is 32.1. The van der Waals surface area contributed by atoms with E-state index in [0.29, 0.717) is 23.4 Å². The maximum Gasteiger partial charge on any atom is 0.341 e. The summed E-state index contributed by atoms with van der Waals surface area (Å²) in [5.41, 5.74) is 1.44. The second-order valence-electron chi connectivity index (χ2n) is 6.73. The lowest BCUT2D eigenvalue weighted by Crippen LogP contribution is -2.36. The average molecular weight is 365 g/mol. The zero-order chi connectivity index (χ0) is 18.0. The van der Waals surface area contributed by atoms with Crippen LogP contribution in [0.4, 0.5) is 5.00 Å². The van der Waals surface area contributed by atoms with Crippen LogP contribution in [-0.2, 0) is 27.2 Å². The predicted octanol–water partition coefficient (Wildman–Crippen LogP) is 3.24. The zero-order valence-corrected chi connectivity index (χ0v) is 15.1. The van der Waals surface area contributed by atoms with E-state index in [4.69, 9.17) is 4.74 Å². The molecule has 2 aliphatic rings. The van der Waals surface area contributed by atoms with Gasteiger partial charge < -0.3 is 15.2 Å². The van der Waals surface area contributed by atoms with Crippen molar-refractivity contribution in [2.24, 2.45) is 11.8 Å². The summed E-state index contributed by atoms with van der Waals surface area (Å²) < 4.78 is 4.91. The fraction of sp³-hybridized carbons (Fsp3) is 0.611. The molecule has 136 valence electrons. The summed E-state index contributed by atoms with van der Waals surface area (Å²) in [6.45, 7) is 0. The number of rotatable bonds is 4. The number of hydrogen-bond acceptors (Lipinski definition) is 5. The highest BCUT2D eigenvalue weighted by molar-refractivity contribution is 7.17. The number of esters is 1. The number of carboxylic acid groups (broad SMARTS) is 1. The molecule has 0 aromatic carbocycles. The van der Waals surface area contributed by atoms with E-state index in [1.54, 1.807) is 0 Å². The van der Waals surface area contributed by atoms with Crippen LogP contribution in [0.3, 0.4) is 0 Å². The van der Waals surface area contributed by atoms with Gasteiger partial charge in [-0.05, 0) is 44.1 Å². The Morgan fingerprint density at radius 2 is 1.76 bits per heavy atom. The molecule has 2 unspecified atom stereocenters. The normalized spacial score (nSPS) is 22.8. The molecular weight excluding hydrogens is 342 g/mol. The first kappa shape index (κ1) is 17.9. The Morgan fingerprint density at radius 1 is 1.08 bits per heavy atom. The Balaban J connectivity index is 1.86. The second kappa shape index (κ2) is 7.56. The van der Waals surface area contributed by atoms with Crippen LogP contribution in [0.2, 0.25) is 0 Å². The number of amides is 1. The number of nitrogens with one attached hydrogen (secondary N) is 1. The van der Waals surface area contributed by atoms with Crippen molar-refractivity contribution in [2.75, 3.05) is 12.4 Å². The minimum absolute atomic E-state index is 0.296. The Labute approximate surface area is 150 Å². The molecule has 0 aliphatic heterocycles. The third-order valence-electron chi connectivity index (χ3n) is 5.22. The van der Waals surface area contributed by atoms with E-state index in [-0.39, 0.29) is 5.91 Å². The van der Waals surface area contributed by atoms with Crippen molar-refractivity contribution in [3.8, 4) is 0 Å². The molecule has 0 bridgehead atoms. The van der Waals surface area contributed by atoms with Gasteiger partial charge in [0, 0.05) is 4.88 Å². The number of ether oxygens (including phenoxy) is 1. The zero-order valence-electron chi connectivity index (χ0n) is 14.3. The minimum Gasteiger partial charge on any atom is -0.481 e. The van der Waals surface area contributed by atoms with Crippen molar-refractivity contribution in [1.29, 1.82) is 0 Å². The monoisotopic (exact) mass is 365 g/mol. The molecule has 1 heterocycles. The molecule has 0 saturated heterocycles. The molecule has 2 N–H and O–H groups in total. The van der Waals surface area contributed by atoms with Gasteiger partial charge in [0.25, 0.3) is 0 Å². The van der Waals surface area contributed by atoms with Gasteiger partial charge in [-0.2, -0.15) is 0 Å². The van der Waals surface area contributed by atoms with Gasteiger partial charge in [-0.15, -0.1) is 11.3 Å². The number of carbonyl (C=O) groups is 3. The van der Waals surface area contributed by atoms with E-state index >= 15 is 0 Å². The molecule has 0 spiro atoms. The first-order valence-electron chi connectivity index (χ1n) is 8.79. The molecule has 1 saturated carbocycles. The largest absolute Gasteiger partial charge is 0.481 e. The number of aryl methyl sites for hydroxylation is 1. The van der Waals surface area contributed by atoms with E-state index in [2.05, 4.69) is 5.32 Å². The fourth-order valence-electron chi connectivity index (χ4n) is 3.92. The van der Waals surface area contributed by atoms with E-state index in [9.17, 15) is 19.5 Å². The maximum absolute atomic E-state index is 12.7. The number of fused-ring (bicyclic) bond motifs is 1. The van der Waals surface area contributed by atoms with E-state index in [0.717, 1.165) is 49.0 Å². The number of anilines is 1. The molecule has 7 heteroatoms. The first-order valence-corrected chi connectivity index (χ1v) is 9.61. The summed E-state index contributed by atoms with van der Waals surface area (Å²) in [7, 11) is 1.34. The van der Waals surface area contributed by atoms with Gasteiger partial charge in [0.1, 0.15) is 5.00 Å². The summed E-state index contributed by atoms with van der Waals surface area (Å²) in [6.07, 6.45) is 6.60. The molecule has 6 nitrogen and oxygen atoms in total. The summed E-state index contributed by atoms with van der Waals surface area (Å²) in [4.78, 5) is 37.6. The third-order valence-corrected chi connectivity index (χ3v) is 6.42. The second-order valence-corrected chi connectivity index (χ2v) is 7.84. The number of hydrogen-bond donors (Lipinski definition) is 2. The molecule has 2 atom stereocenters. The summed E-state index contributed by atoms with van der Waals surface area (Å²) in [5, 5.41) is 12.8. The summed E-state index contributed by atoms with van der Waals surface area (Å²) in [6, 6.07) is 0. The van der Waals surface area contributed by atoms with Gasteiger partial charge in [0.2, 0.25) is 5.91 Å². The Hall–Kier alpha value is -1.89. The highest BCUT2D eigenvalue weighted by Crippen LogP contribution is 2.39. The predicted molar refractivity (Wildman–Crippen MR) is 94.0 cm³/mol. The van der Waals surface area contributed by atoms with E-state index in [1.807, 2.05) is 0 Å². The molecule has 25 heavy (non-hydrogen) atoms. The molecule has 1 fully saturated rings. The van der Waals surface area contributed by atoms with Gasteiger partial charge in [-0.3, -0.25) is 9.59 Å².